The summed E-state index contributed by atoms with van der Waals surface area (Å²) in [7, 11) is 1.45. The maximum absolute atomic E-state index is 12.9. The van der Waals surface area contributed by atoms with Crippen molar-refractivity contribution in [3.63, 3.8) is 0 Å². The summed E-state index contributed by atoms with van der Waals surface area (Å²) in [5.74, 6) is -0.297. The highest BCUT2D eigenvalue weighted by Crippen LogP contribution is 2.34. The van der Waals surface area contributed by atoms with Crippen molar-refractivity contribution < 1.29 is 18.0 Å². The Morgan fingerprint density at radius 1 is 1.25 bits per heavy atom. The lowest BCUT2D eigenvalue weighted by molar-refractivity contribution is -0.116. The molecule has 2 aliphatic heterocycles. The molecule has 3 rings (SSSR count). The summed E-state index contributed by atoms with van der Waals surface area (Å²) in [5.41, 5.74) is 2.75. The van der Waals surface area contributed by atoms with Crippen molar-refractivity contribution in [1.82, 2.24) is 21.2 Å². The molecule has 0 saturated carbocycles. The molecule has 0 aromatic heterocycles. The highest BCUT2D eigenvalue weighted by Gasteiger charge is 2.39. The van der Waals surface area contributed by atoms with Gasteiger partial charge in [0.05, 0.1) is 24.3 Å². The summed E-state index contributed by atoms with van der Waals surface area (Å²) in [6.07, 6.45) is -2.23. The molecule has 1 aromatic carbocycles. The highest BCUT2D eigenvalue weighted by molar-refractivity contribution is 6.31. The van der Waals surface area contributed by atoms with Crippen LogP contribution in [0.5, 0.6) is 0 Å². The zero-order valence-corrected chi connectivity index (χ0v) is 13.2. The quantitative estimate of drug-likeness (QED) is 0.753. The van der Waals surface area contributed by atoms with Gasteiger partial charge in [-0.1, -0.05) is 11.6 Å². The number of nitrogens with zero attached hydrogens (tertiary/aromatic N) is 2. The largest absolute Gasteiger partial charge is 0.433 e. The number of allylic oxidation sites excluding steroid dienone is 1. The van der Waals surface area contributed by atoms with Gasteiger partial charge in [-0.2, -0.15) is 13.2 Å². The molecule has 10 heteroatoms. The van der Waals surface area contributed by atoms with Gasteiger partial charge in [-0.05, 0) is 18.2 Å². The lowest BCUT2D eigenvalue weighted by Gasteiger charge is -2.28. The van der Waals surface area contributed by atoms with Gasteiger partial charge in [-0.3, -0.25) is 15.2 Å². The maximum atomic E-state index is 12.9. The van der Waals surface area contributed by atoms with Crippen molar-refractivity contribution in [2.45, 2.75) is 6.18 Å². The number of hydrogen-bond donors (Lipinski definition) is 3. The molecule has 0 spiro atoms. The third-order valence-electron chi connectivity index (χ3n) is 3.47. The second kappa shape index (κ2) is 5.91. The van der Waals surface area contributed by atoms with Crippen molar-refractivity contribution in [1.29, 1.82) is 0 Å². The van der Waals surface area contributed by atoms with Crippen LogP contribution in [-0.2, 0) is 4.79 Å². The molecule has 0 radical (unpaired) electrons. The molecule has 2 heterocycles. The van der Waals surface area contributed by atoms with Crippen molar-refractivity contribution in [3.05, 3.63) is 46.8 Å². The number of rotatable bonds is 2. The lowest BCUT2D eigenvalue weighted by atomic mass is 10.1. The van der Waals surface area contributed by atoms with Gasteiger partial charge in [-0.25, -0.2) is 0 Å². The van der Waals surface area contributed by atoms with E-state index in [9.17, 15) is 18.0 Å². The summed E-state index contributed by atoms with van der Waals surface area (Å²) < 4.78 is 38.7. The number of anilines is 1. The molecule has 128 valence electrons. The van der Waals surface area contributed by atoms with Crippen LogP contribution in [0.25, 0.3) is 5.70 Å². The van der Waals surface area contributed by atoms with E-state index in [1.807, 2.05) is 0 Å². The Labute approximate surface area is 140 Å². The molecule has 0 bridgehead atoms. The van der Waals surface area contributed by atoms with Crippen LogP contribution in [0.4, 0.5) is 18.9 Å². The van der Waals surface area contributed by atoms with E-state index in [1.54, 1.807) is 18.2 Å². The topological polar surface area (TPSA) is 59.6 Å². The van der Waals surface area contributed by atoms with Crippen LogP contribution >= 0.6 is 11.6 Å². The molecule has 2 aliphatic rings. The first kappa shape index (κ1) is 16.5. The van der Waals surface area contributed by atoms with Crippen LogP contribution in [-0.4, -0.2) is 30.9 Å². The van der Waals surface area contributed by atoms with Gasteiger partial charge in [0.25, 0.3) is 0 Å². The van der Waals surface area contributed by atoms with Crippen LogP contribution in [0, 0.1) is 0 Å². The number of carbonyl (C=O) groups excluding carboxylic acids is 1. The maximum Gasteiger partial charge on any atom is 0.433 e. The molecule has 0 aliphatic carbocycles. The highest BCUT2D eigenvalue weighted by atomic mass is 35.5. The monoisotopic (exact) mass is 359 g/mol. The summed E-state index contributed by atoms with van der Waals surface area (Å²) in [6.45, 7) is 0.217. The molecule has 0 fully saturated rings. The Morgan fingerprint density at radius 3 is 2.62 bits per heavy atom. The minimum atomic E-state index is -4.50. The van der Waals surface area contributed by atoms with E-state index in [-0.39, 0.29) is 12.6 Å². The smallest absolute Gasteiger partial charge is 0.367 e. The molecule has 0 unspecified atom stereocenters. The summed E-state index contributed by atoms with van der Waals surface area (Å²) >= 11 is 6.02. The molecule has 1 aromatic rings. The number of alkyl halides is 3. The second-order valence-electron chi connectivity index (χ2n) is 5.13. The van der Waals surface area contributed by atoms with Gasteiger partial charge in [0.1, 0.15) is 0 Å². The molecule has 0 atom stereocenters. The fourth-order valence-electron chi connectivity index (χ4n) is 2.39. The lowest BCUT2D eigenvalue weighted by Crippen LogP contribution is -2.41. The fourth-order valence-corrected chi connectivity index (χ4v) is 2.56. The number of nitrogens with one attached hydrogen (secondary N) is 3. The van der Waals surface area contributed by atoms with Crippen LogP contribution in [0.15, 0.2) is 36.2 Å². The Morgan fingerprint density at radius 2 is 2.00 bits per heavy atom. The number of hydrogen-bond acceptors (Lipinski definition) is 5. The molecule has 24 heavy (non-hydrogen) atoms. The van der Waals surface area contributed by atoms with Crippen LogP contribution in [0.3, 0.4) is 0 Å². The van der Waals surface area contributed by atoms with E-state index < -0.39 is 11.9 Å². The van der Waals surface area contributed by atoms with Crippen molar-refractivity contribution >= 4 is 28.9 Å². The first-order chi connectivity index (χ1) is 11.3. The predicted molar refractivity (Wildman–Crippen MR) is 83.1 cm³/mol. The first-order valence-electron chi connectivity index (χ1n) is 6.87. The molecular formula is C14H13ClF3N5O. The van der Waals surface area contributed by atoms with Gasteiger partial charge >= 0.3 is 6.18 Å². The van der Waals surface area contributed by atoms with E-state index in [4.69, 9.17) is 11.6 Å². The first-order valence-corrected chi connectivity index (χ1v) is 7.25. The zero-order valence-electron chi connectivity index (χ0n) is 12.4. The van der Waals surface area contributed by atoms with E-state index in [1.165, 1.54) is 23.3 Å². The van der Waals surface area contributed by atoms with E-state index in [2.05, 4.69) is 16.1 Å². The Bertz CT molecular complexity index is 746. The van der Waals surface area contributed by atoms with E-state index in [0.29, 0.717) is 22.0 Å². The average molecular weight is 360 g/mol. The summed E-state index contributed by atoms with van der Waals surface area (Å²) in [4.78, 5) is 11.6. The van der Waals surface area contributed by atoms with Gasteiger partial charge in [0, 0.05) is 23.7 Å². The van der Waals surface area contributed by atoms with Crippen molar-refractivity contribution in [2.24, 2.45) is 0 Å². The number of halogens is 4. The molecule has 3 N–H and O–H groups in total. The Hall–Kier alpha value is -2.39. The molecular weight excluding hydrogens is 347 g/mol. The number of benzene rings is 1. The second-order valence-corrected chi connectivity index (χ2v) is 5.57. The van der Waals surface area contributed by atoms with Crippen LogP contribution in [0.2, 0.25) is 5.02 Å². The predicted octanol–water partition coefficient (Wildman–Crippen LogP) is 1.93. The normalized spacial score (nSPS) is 18.5. The molecule has 0 saturated heterocycles. The van der Waals surface area contributed by atoms with Crippen molar-refractivity contribution in [2.75, 3.05) is 18.7 Å². The number of amides is 1. The minimum Gasteiger partial charge on any atom is -0.367 e. The zero-order chi connectivity index (χ0) is 17.5. The van der Waals surface area contributed by atoms with Gasteiger partial charge in [0.2, 0.25) is 5.91 Å². The Balaban J connectivity index is 2.06. The van der Waals surface area contributed by atoms with Gasteiger partial charge in [-0.15, -0.1) is 5.12 Å². The number of carbonyl (C=O) groups is 1. The van der Waals surface area contributed by atoms with Crippen LogP contribution in [0.1, 0.15) is 5.56 Å². The average Bonchev–Trinajstić information content (AvgIpc) is 2.89. The fraction of sp³-hybridized carbons (Fsp3) is 0.214. The third kappa shape index (κ3) is 3.13. The SMILES string of the molecule is CN1NC(C(F)(F)F)=CN1c1ccc(Cl)cc1C1=CC(=O)NCN1. The third-order valence-corrected chi connectivity index (χ3v) is 3.71. The van der Waals surface area contributed by atoms with E-state index in [0.717, 1.165) is 6.20 Å². The van der Waals surface area contributed by atoms with Gasteiger partial charge < -0.3 is 10.6 Å². The summed E-state index contributed by atoms with van der Waals surface area (Å²) in [6, 6.07) is 4.74. The Kier molecular flexibility index (Phi) is 4.06. The van der Waals surface area contributed by atoms with E-state index >= 15 is 0 Å². The standard InChI is InChI=1S/C14H13ClF3N5O/c1-22-21-12(14(16,17)18)6-23(22)11-3-2-8(15)4-9(11)10-5-13(24)20-7-19-10/h2-6,19,21H,7H2,1H3,(H,20,24). The summed E-state index contributed by atoms with van der Waals surface area (Å²) in [5, 5.41) is 8.43. The minimum absolute atomic E-state index is 0.217. The van der Waals surface area contributed by atoms with Crippen LogP contribution < -0.4 is 21.1 Å². The number of hydrazine groups is 2. The van der Waals surface area contributed by atoms with Crippen molar-refractivity contribution in [3.8, 4) is 0 Å². The molecule has 6 nitrogen and oxygen atoms in total. The van der Waals surface area contributed by atoms with Gasteiger partial charge in [0.15, 0.2) is 5.70 Å². The molecule has 1 amide bonds.